The van der Waals surface area contributed by atoms with Gasteiger partial charge >= 0.3 is 24.2 Å². The van der Waals surface area contributed by atoms with Gasteiger partial charge in [0.25, 0.3) is 0 Å². The number of amides is 1. The van der Waals surface area contributed by atoms with Crippen LogP contribution in [0.1, 0.15) is 5.56 Å². The fourth-order valence-electron chi connectivity index (χ4n) is 2.04. The number of nitrogens with zero attached hydrogens (tertiary/aromatic N) is 1. The second-order valence-electron chi connectivity index (χ2n) is 4.72. The fraction of sp³-hybridized carbons (Fsp3) is 0.273. The first-order valence-electron chi connectivity index (χ1n) is 6.03. The van der Waals surface area contributed by atoms with Gasteiger partial charge in [-0.05, 0) is 18.2 Å². The number of carbonyl (C=O) groups excluding carboxylic acids is 1. The number of rotatable bonds is 1. The van der Waals surface area contributed by atoms with Gasteiger partial charge in [-0.15, -0.1) is 0 Å². The van der Waals surface area contributed by atoms with E-state index in [0.717, 1.165) is 0 Å². The highest BCUT2D eigenvalue weighted by Gasteiger charge is 2.52. The zero-order chi connectivity index (χ0) is 19.4. The number of alkyl halides is 6. The van der Waals surface area contributed by atoms with Crippen molar-refractivity contribution in [3.63, 3.8) is 0 Å². The van der Waals surface area contributed by atoms with E-state index in [-0.39, 0.29) is 12.1 Å². The van der Waals surface area contributed by atoms with Gasteiger partial charge in [0.05, 0.1) is 11.3 Å². The molecule has 0 aromatic heterocycles. The molecule has 0 radical (unpaired) electrons. The Morgan fingerprint density at radius 2 is 1.68 bits per heavy atom. The Kier molecular flexibility index (Phi) is 4.24. The van der Waals surface area contributed by atoms with Crippen molar-refractivity contribution < 1.29 is 49.5 Å². The van der Waals surface area contributed by atoms with Crippen molar-refractivity contribution >= 4 is 27.6 Å². The summed E-state index contributed by atoms with van der Waals surface area (Å²) in [5.41, 5.74) is -2.91. The molecule has 1 aliphatic rings. The molecule has 0 saturated heterocycles. The molecular weight excluding hydrogens is 386 g/mol. The molecule has 0 fully saturated rings. The van der Waals surface area contributed by atoms with E-state index in [0.29, 0.717) is 6.07 Å². The lowest BCUT2D eigenvalue weighted by molar-refractivity contribution is -0.172. The minimum atomic E-state index is -5.66. The van der Waals surface area contributed by atoms with Crippen LogP contribution in [-0.4, -0.2) is 37.7 Å². The third-order valence-electron chi connectivity index (χ3n) is 3.06. The van der Waals surface area contributed by atoms with Crippen molar-refractivity contribution in [2.24, 2.45) is 0 Å². The maximum Gasteiger partial charge on any atom is 0.471 e. The average molecular weight is 392 g/mol. The maximum absolute atomic E-state index is 12.8. The molecule has 0 bridgehead atoms. The molecule has 0 aliphatic carbocycles. The van der Waals surface area contributed by atoms with Crippen molar-refractivity contribution in [2.75, 3.05) is 4.90 Å². The van der Waals surface area contributed by atoms with Crippen LogP contribution in [0.15, 0.2) is 23.1 Å². The van der Waals surface area contributed by atoms with Crippen molar-refractivity contribution in [1.82, 2.24) is 4.72 Å². The molecule has 14 heteroatoms. The van der Waals surface area contributed by atoms with E-state index in [2.05, 4.69) is 0 Å². The lowest BCUT2D eigenvalue weighted by atomic mass is 10.1. The van der Waals surface area contributed by atoms with Crippen LogP contribution in [-0.2, 0) is 25.8 Å². The van der Waals surface area contributed by atoms with Gasteiger partial charge in [0, 0.05) is 0 Å². The summed E-state index contributed by atoms with van der Waals surface area (Å²) in [6.07, 6.45) is -13.5. The zero-order valence-corrected chi connectivity index (χ0v) is 12.3. The van der Waals surface area contributed by atoms with E-state index >= 15 is 0 Å². The first-order valence-corrected chi connectivity index (χ1v) is 7.51. The molecule has 138 valence electrons. The topological polar surface area (TPSA) is 104 Å². The van der Waals surface area contributed by atoms with Gasteiger partial charge < -0.3 is 5.11 Å². The molecule has 25 heavy (non-hydrogen) atoms. The number of carboxylic acid groups (broad SMARTS) is 1. The lowest BCUT2D eigenvalue weighted by Gasteiger charge is -2.35. The predicted octanol–water partition coefficient (Wildman–Crippen LogP) is 1.30. The molecule has 1 heterocycles. The number of carboxylic acids is 1. The number of fused-ring (bicyclic) bond motifs is 1. The monoisotopic (exact) mass is 392 g/mol. The number of hydrogen-bond donors (Lipinski definition) is 2. The molecule has 1 amide bonds. The molecule has 1 aliphatic heterocycles. The second-order valence-corrected chi connectivity index (χ2v) is 6.40. The molecule has 1 unspecified atom stereocenters. The lowest BCUT2D eigenvalue weighted by Crippen LogP contribution is -2.61. The van der Waals surface area contributed by atoms with Crippen LogP contribution < -0.4 is 9.62 Å². The summed E-state index contributed by atoms with van der Waals surface area (Å²) >= 11 is 0. The largest absolute Gasteiger partial charge is 0.479 e. The van der Waals surface area contributed by atoms with Crippen molar-refractivity contribution in [2.45, 2.75) is 23.4 Å². The van der Waals surface area contributed by atoms with Crippen LogP contribution in [0, 0.1) is 0 Å². The highest BCUT2D eigenvalue weighted by Crippen LogP contribution is 2.39. The van der Waals surface area contributed by atoms with Gasteiger partial charge in [0.1, 0.15) is 4.90 Å². The number of carbonyl (C=O) groups is 2. The SMILES string of the molecule is O=C(O)C1NS(=O)(=O)c2ccc(C(F)(F)F)cc2N1C(=O)C(F)(F)F. The number of aliphatic carboxylic acids is 1. The van der Waals surface area contributed by atoms with Gasteiger partial charge in [-0.25, -0.2) is 13.2 Å². The Balaban J connectivity index is 2.80. The summed E-state index contributed by atoms with van der Waals surface area (Å²) in [5, 5.41) is 8.90. The minimum Gasteiger partial charge on any atom is -0.479 e. The molecular formula is C11H6F6N2O5S. The summed E-state index contributed by atoms with van der Waals surface area (Å²) < 4.78 is 101. The Hall–Kier alpha value is -2.35. The van der Waals surface area contributed by atoms with E-state index < -0.39 is 61.5 Å². The van der Waals surface area contributed by atoms with Gasteiger partial charge in [0.2, 0.25) is 10.0 Å². The van der Waals surface area contributed by atoms with Gasteiger partial charge in [-0.3, -0.25) is 9.69 Å². The summed E-state index contributed by atoms with van der Waals surface area (Å²) in [4.78, 5) is 20.9. The smallest absolute Gasteiger partial charge is 0.471 e. The summed E-state index contributed by atoms with van der Waals surface area (Å²) in [5.74, 6) is -5.06. The van der Waals surface area contributed by atoms with E-state index in [1.807, 2.05) is 0 Å². The second kappa shape index (κ2) is 5.59. The van der Waals surface area contributed by atoms with Crippen LogP contribution in [0.5, 0.6) is 0 Å². The molecule has 0 saturated carbocycles. The highest BCUT2D eigenvalue weighted by atomic mass is 32.2. The molecule has 2 rings (SSSR count). The molecule has 1 aromatic carbocycles. The quantitative estimate of drug-likeness (QED) is 0.702. The standard InChI is InChI=1S/C11H6F6N2O5S/c12-10(13,14)4-1-2-6-5(3-4)19(9(22)11(15,16)17)7(8(20)21)18-25(6,23)24/h1-3,7,18H,(H,20,21). The Morgan fingerprint density at radius 3 is 2.12 bits per heavy atom. The van der Waals surface area contributed by atoms with Crippen molar-refractivity contribution in [3.05, 3.63) is 23.8 Å². The number of nitrogens with one attached hydrogen (secondary N) is 1. The van der Waals surface area contributed by atoms with E-state index in [1.54, 1.807) is 0 Å². The van der Waals surface area contributed by atoms with Gasteiger partial charge in [-0.2, -0.15) is 31.1 Å². The number of hydrogen-bond acceptors (Lipinski definition) is 4. The summed E-state index contributed by atoms with van der Waals surface area (Å²) in [6.45, 7) is 0. The van der Waals surface area contributed by atoms with Gasteiger partial charge in [-0.1, -0.05) is 0 Å². The van der Waals surface area contributed by atoms with E-state index in [4.69, 9.17) is 5.11 Å². The fourth-order valence-corrected chi connectivity index (χ4v) is 3.34. The number of halogens is 6. The third-order valence-corrected chi connectivity index (χ3v) is 4.51. The predicted molar refractivity (Wildman–Crippen MR) is 66.7 cm³/mol. The van der Waals surface area contributed by atoms with Crippen molar-refractivity contribution in [3.8, 4) is 0 Å². The molecule has 1 atom stereocenters. The Morgan fingerprint density at radius 1 is 1.12 bits per heavy atom. The maximum atomic E-state index is 12.8. The van der Waals surface area contributed by atoms with Crippen LogP contribution in [0.25, 0.3) is 0 Å². The minimum absolute atomic E-state index is 0.0344. The van der Waals surface area contributed by atoms with Crippen LogP contribution in [0.4, 0.5) is 32.0 Å². The molecule has 1 aromatic rings. The Bertz CT molecular complexity index is 847. The molecule has 2 N–H and O–H groups in total. The zero-order valence-electron chi connectivity index (χ0n) is 11.5. The van der Waals surface area contributed by atoms with Crippen LogP contribution >= 0.6 is 0 Å². The number of anilines is 1. The summed E-state index contributed by atoms with van der Waals surface area (Å²) in [6, 6.07) is 0.567. The first-order chi connectivity index (χ1) is 11.2. The van der Waals surface area contributed by atoms with E-state index in [1.165, 1.54) is 4.72 Å². The normalized spacial score (nSPS) is 20.1. The number of sulfonamides is 1. The van der Waals surface area contributed by atoms with Crippen molar-refractivity contribution in [1.29, 1.82) is 0 Å². The average Bonchev–Trinajstić information content (AvgIpc) is 2.43. The molecule has 0 spiro atoms. The highest BCUT2D eigenvalue weighted by molar-refractivity contribution is 7.89. The van der Waals surface area contributed by atoms with Crippen LogP contribution in [0.2, 0.25) is 0 Å². The Labute approximate surface area is 134 Å². The van der Waals surface area contributed by atoms with Gasteiger partial charge in [0.15, 0.2) is 6.17 Å². The third kappa shape index (κ3) is 3.39. The van der Waals surface area contributed by atoms with Crippen LogP contribution in [0.3, 0.4) is 0 Å². The first kappa shape index (κ1) is 19.0. The van der Waals surface area contributed by atoms with E-state index in [9.17, 15) is 44.3 Å². The molecule has 7 nitrogen and oxygen atoms in total. The number of benzene rings is 1. The summed E-state index contributed by atoms with van der Waals surface area (Å²) in [7, 11) is -4.77.